The van der Waals surface area contributed by atoms with Gasteiger partial charge in [-0.2, -0.15) is 0 Å². The molecule has 23 heavy (non-hydrogen) atoms. The topological polar surface area (TPSA) is 41.6 Å². The predicted octanol–water partition coefficient (Wildman–Crippen LogP) is 2.82. The summed E-state index contributed by atoms with van der Waals surface area (Å²) in [7, 11) is 0. The van der Waals surface area contributed by atoms with Gasteiger partial charge in [-0.1, -0.05) is 6.08 Å². The molecule has 1 N–H and O–H groups in total. The Hall–Kier alpha value is -1.72. The van der Waals surface area contributed by atoms with Gasteiger partial charge in [0.05, 0.1) is 13.2 Å². The summed E-state index contributed by atoms with van der Waals surface area (Å²) >= 11 is 0. The molecule has 0 radical (unpaired) electrons. The van der Waals surface area contributed by atoms with Crippen LogP contribution in [0.2, 0.25) is 0 Å². The molecule has 0 unspecified atom stereocenters. The van der Waals surface area contributed by atoms with Crippen molar-refractivity contribution in [2.45, 2.75) is 19.3 Å². The van der Waals surface area contributed by atoms with Crippen LogP contribution in [0, 0.1) is 11.7 Å². The minimum atomic E-state index is -0.294. The average molecular weight is 318 g/mol. The number of ether oxygens (including phenoxy) is 1. The quantitative estimate of drug-likeness (QED) is 0.868. The van der Waals surface area contributed by atoms with Crippen LogP contribution in [0.4, 0.5) is 10.1 Å². The second-order valence-corrected chi connectivity index (χ2v) is 6.25. The number of likely N-dealkylation sites (tertiary alicyclic amines) is 1. The molecular weight excluding hydrogens is 295 g/mol. The van der Waals surface area contributed by atoms with Gasteiger partial charge in [0, 0.05) is 18.2 Å². The van der Waals surface area contributed by atoms with Crippen LogP contribution in [0.15, 0.2) is 35.9 Å². The van der Waals surface area contributed by atoms with Crippen LogP contribution in [0.1, 0.15) is 19.3 Å². The Balaban J connectivity index is 1.45. The molecule has 2 heterocycles. The summed E-state index contributed by atoms with van der Waals surface area (Å²) in [5.41, 5.74) is 2.01. The van der Waals surface area contributed by atoms with Crippen LogP contribution in [0.25, 0.3) is 0 Å². The molecule has 0 saturated carbocycles. The van der Waals surface area contributed by atoms with Crippen LogP contribution < -0.4 is 5.32 Å². The Kier molecular flexibility index (Phi) is 5.41. The highest BCUT2D eigenvalue weighted by molar-refractivity contribution is 5.92. The number of benzene rings is 1. The van der Waals surface area contributed by atoms with Gasteiger partial charge in [0.1, 0.15) is 5.82 Å². The Morgan fingerprint density at radius 2 is 2.00 bits per heavy atom. The summed E-state index contributed by atoms with van der Waals surface area (Å²) in [5.74, 6) is -0.221. The second kappa shape index (κ2) is 7.70. The minimum absolute atomic E-state index is 0.0351. The minimum Gasteiger partial charge on any atom is -0.377 e. The van der Waals surface area contributed by atoms with Crippen LogP contribution in [0.3, 0.4) is 0 Å². The van der Waals surface area contributed by atoms with E-state index in [1.165, 1.54) is 17.7 Å². The summed E-state index contributed by atoms with van der Waals surface area (Å²) in [4.78, 5) is 14.7. The number of rotatable bonds is 4. The van der Waals surface area contributed by atoms with Crippen molar-refractivity contribution in [2.24, 2.45) is 5.92 Å². The molecule has 124 valence electrons. The third-order valence-electron chi connectivity index (χ3n) is 4.48. The molecule has 1 aromatic rings. The highest BCUT2D eigenvalue weighted by Gasteiger charge is 2.25. The van der Waals surface area contributed by atoms with Gasteiger partial charge in [-0.05, 0) is 62.2 Å². The van der Waals surface area contributed by atoms with Crippen molar-refractivity contribution in [3.05, 3.63) is 41.7 Å². The molecular formula is C18H23FN2O2. The fourth-order valence-electron chi connectivity index (χ4n) is 3.14. The van der Waals surface area contributed by atoms with Crippen LogP contribution in [-0.2, 0) is 9.53 Å². The van der Waals surface area contributed by atoms with E-state index in [1.54, 1.807) is 12.1 Å². The molecule has 1 aromatic carbocycles. The largest absolute Gasteiger partial charge is 0.377 e. The first kappa shape index (κ1) is 16.1. The molecule has 1 amide bonds. The first-order valence-corrected chi connectivity index (χ1v) is 8.25. The number of carbonyl (C=O) groups is 1. The molecule has 1 saturated heterocycles. The molecule has 0 atom stereocenters. The lowest BCUT2D eigenvalue weighted by Gasteiger charge is -2.32. The first-order chi connectivity index (χ1) is 11.2. The second-order valence-electron chi connectivity index (χ2n) is 6.25. The number of hydrogen-bond acceptors (Lipinski definition) is 3. The van der Waals surface area contributed by atoms with E-state index in [0.29, 0.717) is 5.69 Å². The van der Waals surface area contributed by atoms with E-state index in [9.17, 15) is 9.18 Å². The average Bonchev–Trinajstić information content (AvgIpc) is 2.58. The zero-order valence-electron chi connectivity index (χ0n) is 13.3. The molecule has 0 bridgehead atoms. The molecule has 0 aromatic heterocycles. The van der Waals surface area contributed by atoms with Crippen molar-refractivity contribution in [3.63, 3.8) is 0 Å². The fourth-order valence-corrected chi connectivity index (χ4v) is 3.14. The predicted molar refractivity (Wildman–Crippen MR) is 87.7 cm³/mol. The van der Waals surface area contributed by atoms with E-state index in [-0.39, 0.29) is 17.6 Å². The van der Waals surface area contributed by atoms with E-state index >= 15 is 0 Å². The molecule has 2 aliphatic heterocycles. The summed E-state index contributed by atoms with van der Waals surface area (Å²) in [5, 5.41) is 2.88. The van der Waals surface area contributed by atoms with Crippen LogP contribution in [0.5, 0.6) is 0 Å². The van der Waals surface area contributed by atoms with Gasteiger partial charge in [-0.25, -0.2) is 4.39 Å². The zero-order chi connectivity index (χ0) is 16.1. The number of carbonyl (C=O) groups excluding carboxylic acids is 1. The Bertz CT molecular complexity index is 563. The molecule has 5 heteroatoms. The van der Waals surface area contributed by atoms with E-state index in [2.05, 4.69) is 16.3 Å². The van der Waals surface area contributed by atoms with Crippen LogP contribution in [-0.4, -0.2) is 43.7 Å². The van der Waals surface area contributed by atoms with Crippen molar-refractivity contribution < 1.29 is 13.9 Å². The van der Waals surface area contributed by atoms with E-state index < -0.39 is 0 Å². The SMILES string of the molecule is O=C(Nc1ccc(F)cc1)C1CCN(CC2=CCCOC2)CC1. The maximum Gasteiger partial charge on any atom is 0.227 e. The Labute approximate surface area is 136 Å². The number of amides is 1. The fraction of sp³-hybridized carbons (Fsp3) is 0.500. The third kappa shape index (κ3) is 4.62. The van der Waals surface area contributed by atoms with Gasteiger partial charge in [0.25, 0.3) is 0 Å². The highest BCUT2D eigenvalue weighted by Crippen LogP contribution is 2.21. The number of halogens is 1. The summed E-state index contributed by atoms with van der Waals surface area (Å²) in [6.07, 6.45) is 5.00. The Morgan fingerprint density at radius 3 is 2.65 bits per heavy atom. The summed E-state index contributed by atoms with van der Waals surface area (Å²) in [6.45, 7) is 4.38. The zero-order valence-corrected chi connectivity index (χ0v) is 13.3. The van der Waals surface area contributed by atoms with Gasteiger partial charge < -0.3 is 10.1 Å². The lowest BCUT2D eigenvalue weighted by Crippen LogP contribution is -2.39. The Morgan fingerprint density at radius 1 is 1.26 bits per heavy atom. The van der Waals surface area contributed by atoms with E-state index in [0.717, 1.165) is 52.1 Å². The summed E-state index contributed by atoms with van der Waals surface area (Å²) in [6, 6.07) is 5.91. The molecule has 0 aliphatic carbocycles. The maximum atomic E-state index is 12.9. The molecule has 1 fully saturated rings. The van der Waals surface area contributed by atoms with Gasteiger partial charge in [0.15, 0.2) is 0 Å². The number of nitrogens with zero attached hydrogens (tertiary/aromatic N) is 1. The van der Waals surface area contributed by atoms with Crippen molar-refractivity contribution in [3.8, 4) is 0 Å². The standard InChI is InChI=1S/C18H23FN2O2/c19-16-3-5-17(6-4-16)20-18(22)15-7-9-21(10-8-15)12-14-2-1-11-23-13-14/h2-6,15H,1,7-13H2,(H,20,22). The maximum absolute atomic E-state index is 12.9. The van der Waals surface area contributed by atoms with Gasteiger partial charge in [0.2, 0.25) is 5.91 Å². The van der Waals surface area contributed by atoms with E-state index in [1.807, 2.05) is 0 Å². The highest BCUT2D eigenvalue weighted by atomic mass is 19.1. The van der Waals surface area contributed by atoms with Crippen molar-refractivity contribution >= 4 is 11.6 Å². The number of nitrogens with one attached hydrogen (secondary N) is 1. The molecule has 0 spiro atoms. The smallest absolute Gasteiger partial charge is 0.227 e. The van der Waals surface area contributed by atoms with Crippen LogP contribution >= 0.6 is 0 Å². The third-order valence-corrected chi connectivity index (χ3v) is 4.48. The van der Waals surface area contributed by atoms with Crippen molar-refractivity contribution in [2.75, 3.05) is 38.2 Å². The molecule has 2 aliphatic rings. The van der Waals surface area contributed by atoms with Gasteiger partial charge >= 0.3 is 0 Å². The van der Waals surface area contributed by atoms with Crippen molar-refractivity contribution in [1.82, 2.24) is 4.90 Å². The molecule has 4 nitrogen and oxygen atoms in total. The number of anilines is 1. The molecule has 3 rings (SSSR count). The van der Waals surface area contributed by atoms with Gasteiger partial charge in [-0.15, -0.1) is 0 Å². The lowest BCUT2D eigenvalue weighted by atomic mass is 9.95. The number of hydrogen-bond donors (Lipinski definition) is 1. The monoisotopic (exact) mass is 318 g/mol. The van der Waals surface area contributed by atoms with Crippen molar-refractivity contribution in [1.29, 1.82) is 0 Å². The lowest BCUT2D eigenvalue weighted by molar-refractivity contribution is -0.121. The normalized spacial score (nSPS) is 20.1. The summed E-state index contributed by atoms with van der Waals surface area (Å²) < 4.78 is 18.4. The first-order valence-electron chi connectivity index (χ1n) is 8.25. The van der Waals surface area contributed by atoms with Gasteiger partial charge in [-0.3, -0.25) is 9.69 Å². The number of piperidine rings is 1. The van der Waals surface area contributed by atoms with E-state index in [4.69, 9.17) is 4.74 Å².